The Morgan fingerprint density at radius 2 is 1.91 bits per heavy atom. The molecule has 0 unspecified atom stereocenters. The van der Waals surface area contributed by atoms with Gasteiger partial charge in [0, 0.05) is 31.0 Å². The van der Waals surface area contributed by atoms with E-state index in [9.17, 15) is 14.4 Å². The van der Waals surface area contributed by atoms with Crippen LogP contribution in [0.4, 0.5) is 11.4 Å². The van der Waals surface area contributed by atoms with E-state index >= 15 is 0 Å². The molecule has 3 heterocycles. The quantitative estimate of drug-likeness (QED) is 0.667. The maximum Gasteiger partial charge on any atom is 0.257 e. The third kappa shape index (κ3) is 3.21. The Morgan fingerprint density at radius 1 is 1.09 bits per heavy atom. The second-order valence-electron chi connectivity index (χ2n) is 8.45. The van der Waals surface area contributed by atoms with E-state index < -0.39 is 5.66 Å². The lowest BCUT2D eigenvalue weighted by molar-refractivity contribution is -0.118. The molecule has 1 saturated heterocycles. The monoisotopic (exact) mass is 428 g/mol. The maximum absolute atomic E-state index is 13.3. The van der Waals surface area contributed by atoms with Crippen LogP contribution in [-0.4, -0.2) is 39.8 Å². The number of pyridine rings is 1. The molecule has 1 atom stereocenters. The highest BCUT2D eigenvalue weighted by molar-refractivity contribution is 6.10. The lowest BCUT2D eigenvalue weighted by Crippen LogP contribution is -2.62. The van der Waals surface area contributed by atoms with Crippen LogP contribution in [0.1, 0.15) is 43.0 Å². The van der Waals surface area contributed by atoms with Crippen molar-refractivity contribution in [2.24, 2.45) is 0 Å². The first kappa shape index (κ1) is 20.2. The average Bonchev–Trinajstić information content (AvgIpc) is 3.11. The smallest absolute Gasteiger partial charge is 0.257 e. The van der Waals surface area contributed by atoms with E-state index in [1.807, 2.05) is 55.5 Å². The van der Waals surface area contributed by atoms with Crippen molar-refractivity contribution in [3.05, 3.63) is 66.4 Å². The molecule has 3 amide bonds. The molecule has 0 spiro atoms. The van der Waals surface area contributed by atoms with Crippen molar-refractivity contribution < 1.29 is 14.4 Å². The highest BCUT2D eigenvalue weighted by Crippen LogP contribution is 2.44. The number of nitrogens with one attached hydrogen (secondary N) is 1. The molecular formula is C25H24N4O3. The molecule has 2 aliphatic heterocycles. The fourth-order valence-electron chi connectivity index (χ4n) is 4.86. The van der Waals surface area contributed by atoms with Crippen molar-refractivity contribution in [1.29, 1.82) is 0 Å². The van der Waals surface area contributed by atoms with Gasteiger partial charge in [-0.15, -0.1) is 0 Å². The molecule has 0 aliphatic carbocycles. The van der Waals surface area contributed by atoms with Crippen molar-refractivity contribution in [2.75, 3.05) is 16.8 Å². The molecule has 2 aromatic carbocycles. The van der Waals surface area contributed by atoms with E-state index in [1.54, 1.807) is 22.1 Å². The van der Waals surface area contributed by atoms with Crippen LogP contribution in [0.2, 0.25) is 0 Å². The van der Waals surface area contributed by atoms with Crippen molar-refractivity contribution in [1.82, 2.24) is 9.88 Å². The Hall–Kier alpha value is -3.74. The number of carbonyl (C=O) groups excluding carboxylic acids is 3. The van der Waals surface area contributed by atoms with Gasteiger partial charge in [-0.2, -0.15) is 0 Å². The van der Waals surface area contributed by atoms with Gasteiger partial charge >= 0.3 is 0 Å². The molecule has 3 aromatic rings. The number of hydrogen-bond acceptors (Lipinski definition) is 4. The number of fused-ring (bicyclic) bond motifs is 4. The first-order chi connectivity index (χ1) is 15.5. The summed E-state index contributed by atoms with van der Waals surface area (Å²) in [4.78, 5) is 46.4. The minimum absolute atomic E-state index is 0.0265. The lowest BCUT2D eigenvalue weighted by atomic mass is 9.98. The normalized spacial score (nSPS) is 19.8. The van der Waals surface area contributed by atoms with Crippen LogP contribution in [0.3, 0.4) is 0 Å². The van der Waals surface area contributed by atoms with Crippen LogP contribution in [0, 0.1) is 0 Å². The molecule has 2 aliphatic rings. The van der Waals surface area contributed by atoms with Crippen LogP contribution in [0.25, 0.3) is 10.9 Å². The van der Waals surface area contributed by atoms with Gasteiger partial charge in [0.1, 0.15) is 5.66 Å². The number of hydrogen-bond donors (Lipinski definition) is 1. The minimum atomic E-state index is -0.696. The van der Waals surface area contributed by atoms with Crippen LogP contribution < -0.4 is 10.2 Å². The zero-order valence-corrected chi connectivity index (χ0v) is 17.9. The van der Waals surface area contributed by atoms with Crippen LogP contribution in [0.5, 0.6) is 0 Å². The summed E-state index contributed by atoms with van der Waals surface area (Å²) in [5.41, 5.74) is 1.94. The third-order valence-electron chi connectivity index (χ3n) is 6.44. The van der Waals surface area contributed by atoms with Gasteiger partial charge in [-0.3, -0.25) is 24.3 Å². The summed E-state index contributed by atoms with van der Waals surface area (Å²) in [6, 6.07) is 16.7. The molecule has 1 N–H and O–H groups in total. The molecule has 0 radical (unpaired) electrons. The SMILES string of the molecule is C[C@@]12CCC(=O)N1c1ccccc1C(=O)N2CCCC(=O)Nc1cccc2cccnc12. The fraction of sp³-hybridized carbons (Fsp3) is 0.280. The predicted octanol–water partition coefficient (Wildman–Crippen LogP) is 3.95. The van der Waals surface area contributed by atoms with E-state index in [2.05, 4.69) is 10.3 Å². The fourth-order valence-corrected chi connectivity index (χ4v) is 4.86. The maximum atomic E-state index is 13.3. The number of carbonyl (C=O) groups is 3. The summed E-state index contributed by atoms with van der Waals surface area (Å²) < 4.78 is 0. The number of amides is 3. The molecule has 7 nitrogen and oxygen atoms in total. The van der Waals surface area contributed by atoms with Crippen LogP contribution in [0.15, 0.2) is 60.8 Å². The Morgan fingerprint density at radius 3 is 2.78 bits per heavy atom. The summed E-state index contributed by atoms with van der Waals surface area (Å²) in [5.74, 6) is -0.191. The van der Waals surface area contributed by atoms with E-state index in [-0.39, 0.29) is 24.1 Å². The Kier molecular flexibility index (Phi) is 4.89. The molecule has 1 aromatic heterocycles. The number of benzene rings is 2. The highest BCUT2D eigenvalue weighted by Gasteiger charge is 2.52. The zero-order valence-electron chi connectivity index (χ0n) is 17.9. The van der Waals surface area contributed by atoms with Gasteiger partial charge in [0.2, 0.25) is 11.8 Å². The second-order valence-corrected chi connectivity index (χ2v) is 8.45. The van der Waals surface area contributed by atoms with Crippen molar-refractivity contribution in [3.63, 3.8) is 0 Å². The minimum Gasteiger partial charge on any atom is -0.324 e. The summed E-state index contributed by atoms with van der Waals surface area (Å²) >= 11 is 0. The van der Waals surface area contributed by atoms with Crippen LogP contribution >= 0.6 is 0 Å². The summed E-state index contributed by atoms with van der Waals surface area (Å²) in [6.07, 6.45) is 3.45. The third-order valence-corrected chi connectivity index (χ3v) is 6.44. The molecule has 32 heavy (non-hydrogen) atoms. The molecule has 1 fully saturated rings. The summed E-state index contributed by atoms with van der Waals surface area (Å²) in [7, 11) is 0. The molecule has 7 heteroatoms. The lowest BCUT2D eigenvalue weighted by Gasteiger charge is -2.48. The summed E-state index contributed by atoms with van der Waals surface area (Å²) in [6.45, 7) is 2.34. The average molecular weight is 428 g/mol. The Balaban J connectivity index is 1.30. The molecular weight excluding hydrogens is 404 g/mol. The van der Waals surface area contributed by atoms with E-state index in [0.717, 1.165) is 10.9 Å². The van der Waals surface area contributed by atoms with Gasteiger partial charge in [-0.25, -0.2) is 0 Å². The number of para-hydroxylation sites is 2. The zero-order chi connectivity index (χ0) is 22.3. The molecule has 162 valence electrons. The predicted molar refractivity (Wildman–Crippen MR) is 122 cm³/mol. The van der Waals surface area contributed by atoms with Crippen molar-refractivity contribution in [2.45, 2.75) is 38.3 Å². The standard InChI is InChI=1S/C25H24N4O3/c1-25-14-13-22(31)29(25)20-11-3-2-9-18(20)24(32)28(25)16-6-12-21(30)27-19-10-4-7-17-8-5-15-26-23(17)19/h2-5,7-11,15H,6,12-14,16H2,1H3,(H,27,30)/t25-/m0/s1. The number of nitrogens with zero attached hydrogens (tertiary/aromatic N) is 3. The summed E-state index contributed by atoms with van der Waals surface area (Å²) in [5, 5.41) is 3.90. The van der Waals surface area contributed by atoms with Gasteiger partial charge in [-0.1, -0.05) is 30.3 Å². The first-order valence-electron chi connectivity index (χ1n) is 10.9. The van der Waals surface area contributed by atoms with E-state index in [1.165, 1.54) is 0 Å². The van der Waals surface area contributed by atoms with E-state index in [0.29, 0.717) is 42.7 Å². The van der Waals surface area contributed by atoms with Gasteiger partial charge in [0.05, 0.1) is 22.5 Å². The van der Waals surface area contributed by atoms with E-state index in [4.69, 9.17) is 0 Å². The largest absolute Gasteiger partial charge is 0.324 e. The molecule has 0 saturated carbocycles. The Bertz CT molecular complexity index is 1240. The topological polar surface area (TPSA) is 82.6 Å². The van der Waals surface area contributed by atoms with Gasteiger partial charge in [0.25, 0.3) is 5.91 Å². The van der Waals surface area contributed by atoms with Gasteiger partial charge in [0.15, 0.2) is 0 Å². The van der Waals surface area contributed by atoms with Gasteiger partial charge in [-0.05, 0) is 44.0 Å². The number of anilines is 2. The first-order valence-corrected chi connectivity index (χ1v) is 10.9. The van der Waals surface area contributed by atoms with Crippen molar-refractivity contribution in [3.8, 4) is 0 Å². The number of aromatic nitrogens is 1. The molecule has 0 bridgehead atoms. The highest BCUT2D eigenvalue weighted by atomic mass is 16.2. The van der Waals surface area contributed by atoms with Gasteiger partial charge < -0.3 is 10.2 Å². The Labute approximate surface area is 186 Å². The van der Waals surface area contributed by atoms with Crippen LogP contribution in [-0.2, 0) is 9.59 Å². The second kappa shape index (κ2) is 7.75. The number of rotatable bonds is 5. The van der Waals surface area contributed by atoms with Crippen molar-refractivity contribution >= 4 is 40.0 Å². The molecule has 5 rings (SSSR count).